The summed E-state index contributed by atoms with van der Waals surface area (Å²) >= 11 is 0. The first kappa shape index (κ1) is 25.7. The van der Waals surface area contributed by atoms with E-state index in [1.165, 1.54) is 14.0 Å². The van der Waals surface area contributed by atoms with Crippen LogP contribution in [0.3, 0.4) is 0 Å². The Morgan fingerprint density at radius 3 is 2.27 bits per heavy atom. The fourth-order valence-electron chi connectivity index (χ4n) is 3.23. The topological polar surface area (TPSA) is 215 Å². The van der Waals surface area contributed by atoms with E-state index in [0.29, 0.717) is 0 Å². The number of hydrogen-bond acceptors (Lipinski definition) is 9. The van der Waals surface area contributed by atoms with E-state index in [2.05, 4.69) is 16.0 Å². The van der Waals surface area contributed by atoms with Crippen molar-refractivity contribution in [2.24, 2.45) is 0 Å². The van der Waals surface area contributed by atoms with Gasteiger partial charge in [-0.15, -0.1) is 0 Å². The van der Waals surface area contributed by atoms with Crippen molar-refractivity contribution in [3.8, 4) is 0 Å². The molecule has 13 heteroatoms. The van der Waals surface area contributed by atoms with E-state index >= 15 is 0 Å². The zero-order chi connectivity index (χ0) is 23.2. The van der Waals surface area contributed by atoms with Crippen molar-refractivity contribution in [3.63, 3.8) is 0 Å². The number of carboxylic acids is 2. The van der Waals surface area contributed by atoms with Gasteiger partial charge in [0.1, 0.15) is 12.1 Å². The van der Waals surface area contributed by atoms with Gasteiger partial charge in [0.2, 0.25) is 11.8 Å². The predicted octanol–water partition coefficient (Wildman–Crippen LogP) is -3.27. The monoisotopic (exact) mass is 435 g/mol. The molecule has 0 radical (unpaired) electrons. The summed E-state index contributed by atoms with van der Waals surface area (Å²) in [5.41, 5.74) is 0. The van der Waals surface area contributed by atoms with Crippen LogP contribution in [-0.2, 0) is 23.9 Å². The van der Waals surface area contributed by atoms with Gasteiger partial charge in [0, 0.05) is 19.8 Å². The minimum atomic E-state index is -2.81. The second-order valence-corrected chi connectivity index (χ2v) is 7.22. The zero-order valence-corrected chi connectivity index (χ0v) is 16.9. The second-order valence-electron chi connectivity index (χ2n) is 7.22. The lowest BCUT2D eigenvalue weighted by Crippen LogP contribution is -2.69. The number of aliphatic carboxylic acids is 2. The van der Waals surface area contributed by atoms with Gasteiger partial charge in [-0.1, -0.05) is 0 Å². The van der Waals surface area contributed by atoms with Crippen molar-refractivity contribution >= 4 is 23.8 Å². The zero-order valence-electron chi connectivity index (χ0n) is 16.9. The summed E-state index contributed by atoms with van der Waals surface area (Å²) in [5.74, 6) is -7.04. The molecule has 0 spiro atoms. The molecule has 0 saturated carbocycles. The number of carboxylic acid groups (broad SMARTS) is 2. The molecule has 2 amide bonds. The second kappa shape index (κ2) is 10.6. The molecular formula is C17H29N3O10. The molecule has 0 aromatic heterocycles. The molecule has 0 aromatic carbocycles. The number of amides is 2. The number of likely N-dealkylation sites (N-methyl/N-ethyl adjacent to an activating group) is 1. The van der Waals surface area contributed by atoms with Gasteiger partial charge >= 0.3 is 11.9 Å². The summed E-state index contributed by atoms with van der Waals surface area (Å²) in [4.78, 5) is 46.3. The standard InChI is InChI=1S/C17H29N3O10/c1-7(21)12(19-8(2)22)14-13(10(23)6-17(29,30-14)16(27)28)20-11(24)5-4-9(18-3)15(25)26/h7,9-10,12-14,18,21,23,29H,4-6H2,1-3H3,(H,19,22)(H,20,24)(H,25,26)(H,27,28)/t7-,9+,10+,12-,13-,14+,17+/m1/s1. The molecule has 1 saturated heterocycles. The van der Waals surface area contributed by atoms with Crippen LogP contribution < -0.4 is 16.0 Å². The van der Waals surface area contributed by atoms with Crippen LogP contribution in [0.2, 0.25) is 0 Å². The lowest BCUT2D eigenvalue weighted by atomic mass is 9.87. The average molecular weight is 435 g/mol. The quantitative estimate of drug-likeness (QED) is 0.170. The summed E-state index contributed by atoms with van der Waals surface area (Å²) in [7, 11) is 1.42. The van der Waals surface area contributed by atoms with Gasteiger partial charge in [-0.25, -0.2) is 4.79 Å². The van der Waals surface area contributed by atoms with Crippen molar-refractivity contribution in [2.45, 2.75) is 75.3 Å². The highest BCUT2D eigenvalue weighted by atomic mass is 16.7. The van der Waals surface area contributed by atoms with E-state index in [-0.39, 0.29) is 12.8 Å². The number of carbonyl (C=O) groups excluding carboxylic acids is 2. The van der Waals surface area contributed by atoms with Crippen LogP contribution in [0.4, 0.5) is 0 Å². The number of hydrogen-bond donors (Lipinski definition) is 8. The highest BCUT2D eigenvalue weighted by Gasteiger charge is 2.54. The van der Waals surface area contributed by atoms with Crippen molar-refractivity contribution in [3.05, 3.63) is 0 Å². The molecule has 0 unspecified atom stereocenters. The van der Waals surface area contributed by atoms with Crippen LogP contribution in [0.15, 0.2) is 0 Å². The number of ether oxygens (including phenoxy) is 1. The van der Waals surface area contributed by atoms with Crippen molar-refractivity contribution in [1.82, 2.24) is 16.0 Å². The number of nitrogens with one attached hydrogen (secondary N) is 3. The number of rotatable bonds is 10. The fourth-order valence-corrected chi connectivity index (χ4v) is 3.23. The molecule has 7 atom stereocenters. The minimum absolute atomic E-state index is 0.0728. The van der Waals surface area contributed by atoms with Gasteiger partial charge in [0.15, 0.2) is 0 Å². The molecule has 0 aromatic rings. The summed E-state index contributed by atoms with van der Waals surface area (Å²) in [5, 5.41) is 56.2. The van der Waals surface area contributed by atoms with Crippen molar-refractivity contribution < 1.29 is 49.4 Å². The largest absolute Gasteiger partial charge is 0.480 e. The first-order valence-corrected chi connectivity index (χ1v) is 9.28. The summed E-state index contributed by atoms with van der Waals surface area (Å²) in [6.45, 7) is 2.41. The Balaban J connectivity index is 3.08. The Hall–Kier alpha value is -2.32. The molecule has 1 aliphatic heterocycles. The van der Waals surface area contributed by atoms with Crippen LogP contribution in [0.1, 0.15) is 33.1 Å². The minimum Gasteiger partial charge on any atom is -0.480 e. The lowest BCUT2D eigenvalue weighted by molar-refractivity contribution is -0.283. The predicted molar refractivity (Wildman–Crippen MR) is 99.0 cm³/mol. The smallest absolute Gasteiger partial charge is 0.364 e. The van der Waals surface area contributed by atoms with Crippen LogP contribution in [0.5, 0.6) is 0 Å². The molecule has 172 valence electrons. The molecule has 1 heterocycles. The molecule has 30 heavy (non-hydrogen) atoms. The first-order chi connectivity index (χ1) is 13.8. The molecule has 1 rings (SSSR count). The van der Waals surface area contributed by atoms with Crippen molar-refractivity contribution in [1.29, 1.82) is 0 Å². The summed E-state index contributed by atoms with van der Waals surface area (Å²) < 4.78 is 5.23. The maximum Gasteiger partial charge on any atom is 0.364 e. The van der Waals surface area contributed by atoms with Gasteiger partial charge in [-0.3, -0.25) is 14.4 Å². The maximum atomic E-state index is 12.3. The van der Waals surface area contributed by atoms with Crippen molar-refractivity contribution in [2.75, 3.05) is 7.05 Å². The number of aliphatic hydroxyl groups excluding tert-OH is 2. The molecule has 0 bridgehead atoms. The molecule has 8 N–H and O–H groups in total. The Morgan fingerprint density at radius 2 is 1.83 bits per heavy atom. The number of carbonyl (C=O) groups is 4. The molecule has 0 aliphatic carbocycles. The van der Waals surface area contributed by atoms with Gasteiger partial charge in [0.25, 0.3) is 5.79 Å². The Kier molecular flexibility index (Phi) is 9.11. The van der Waals surface area contributed by atoms with Crippen LogP contribution in [0.25, 0.3) is 0 Å². The van der Waals surface area contributed by atoms with Gasteiger partial charge in [-0.2, -0.15) is 0 Å². The maximum absolute atomic E-state index is 12.3. The summed E-state index contributed by atoms with van der Waals surface area (Å²) in [6, 6.07) is -3.57. The fraction of sp³-hybridized carbons (Fsp3) is 0.765. The van der Waals surface area contributed by atoms with E-state index in [0.717, 1.165) is 6.92 Å². The van der Waals surface area contributed by atoms with Crippen LogP contribution in [-0.4, -0.2) is 98.6 Å². The first-order valence-electron chi connectivity index (χ1n) is 9.28. The highest BCUT2D eigenvalue weighted by molar-refractivity contribution is 5.79. The SMILES string of the molecule is CN[C@@H](CCC(=O)N[C@H]1[C@H]([C@H](NC(C)=O)[C@@H](C)O)O[C@](O)(C(=O)O)C[C@@H]1O)C(=O)O. The van der Waals surface area contributed by atoms with E-state index in [4.69, 9.17) is 9.84 Å². The van der Waals surface area contributed by atoms with E-state index in [1.807, 2.05) is 0 Å². The van der Waals surface area contributed by atoms with Crippen LogP contribution in [0, 0.1) is 0 Å². The third-order valence-corrected chi connectivity index (χ3v) is 4.80. The lowest BCUT2D eigenvalue weighted by Gasteiger charge is -2.46. The van der Waals surface area contributed by atoms with Gasteiger partial charge < -0.3 is 46.2 Å². The van der Waals surface area contributed by atoms with E-state index < -0.39 is 72.4 Å². The number of aliphatic hydroxyl groups is 3. The third kappa shape index (κ3) is 6.60. The van der Waals surface area contributed by atoms with Gasteiger partial charge in [-0.05, 0) is 20.4 Å². The summed E-state index contributed by atoms with van der Waals surface area (Å²) in [6.07, 6.45) is -5.54. The van der Waals surface area contributed by atoms with Gasteiger partial charge in [0.05, 0.1) is 24.3 Å². The average Bonchev–Trinajstić information content (AvgIpc) is 2.61. The Bertz CT molecular complexity index is 658. The third-order valence-electron chi connectivity index (χ3n) is 4.80. The molecule has 13 nitrogen and oxygen atoms in total. The molecule has 1 aliphatic rings. The van der Waals surface area contributed by atoms with E-state index in [9.17, 15) is 39.6 Å². The Labute approximate surface area is 172 Å². The molecular weight excluding hydrogens is 406 g/mol. The van der Waals surface area contributed by atoms with E-state index in [1.54, 1.807) is 0 Å². The normalized spacial score (nSPS) is 29.3. The molecule has 1 fully saturated rings. The Morgan fingerprint density at radius 1 is 1.23 bits per heavy atom. The highest BCUT2D eigenvalue weighted by Crippen LogP contribution is 2.30. The van der Waals surface area contributed by atoms with Crippen LogP contribution >= 0.6 is 0 Å².